The van der Waals surface area contributed by atoms with E-state index >= 15 is 0 Å². The van der Waals surface area contributed by atoms with Gasteiger partial charge >= 0.3 is 0 Å². The van der Waals surface area contributed by atoms with Crippen LogP contribution in [0.1, 0.15) is 25.0 Å². The second-order valence-electron chi connectivity index (χ2n) is 5.31. The molecule has 2 aromatic rings. The van der Waals surface area contributed by atoms with Gasteiger partial charge in [0, 0.05) is 23.2 Å². The smallest absolute Gasteiger partial charge is 0.129 e. The van der Waals surface area contributed by atoms with Crippen LogP contribution in [0.15, 0.2) is 24.3 Å². The van der Waals surface area contributed by atoms with Crippen molar-refractivity contribution in [3.63, 3.8) is 0 Å². The van der Waals surface area contributed by atoms with E-state index in [2.05, 4.69) is 5.10 Å². The first-order valence-electron chi connectivity index (χ1n) is 6.73. The van der Waals surface area contributed by atoms with E-state index in [1.807, 2.05) is 31.3 Å². The van der Waals surface area contributed by atoms with E-state index in [1.165, 1.54) is 19.3 Å². The lowest BCUT2D eigenvalue weighted by atomic mass is 9.81. The first kappa shape index (κ1) is 12.5. The van der Waals surface area contributed by atoms with Crippen molar-refractivity contribution in [3.05, 3.63) is 35.0 Å². The molecule has 19 heavy (non-hydrogen) atoms. The number of nitrogens with two attached hydrogens (primary N) is 1. The second kappa shape index (κ2) is 4.89. The number of hydrogen-bond acceptors (Lipinski definition) is 2. The Balaban J connectivity index is 2.05. The van der Waals surface area contributed by atoms with Gasteiger partial charge < -0.3 is 5.73 Å². The maximum Gasteiger partial charge on any atom is 0.129 e. The first-order valence-corrected chi connectivity index (χ1v) is 7.11. The zero-order valence-corrected chi connectivity index (χ0v) is 11.8. The number of nitrogens with zero attached hydrogens (tertiary/aromatic N) is 2. The Labute approximate surface area is 118 Å². The largest absolute Gasteiger partial charge is 0.383 e. The molecule has 1 aromatic carbocycles. The van der Waals surface area contributed by atoms with Crippen LogP contribution in [0.2, 0.25) is 5.02 Å². The minimum absolute atomic E-state index is 0.697. The second-order valence-corrected chi connectivity index (χ2v) is 5.72. The molecule has 4 heteroatoms. The summed E-state index contributed by atoms with van der Waals surface area (Å²) in [7, 11) is 1.89. The lowest BCUT2D eigenvalue weighted by Crippen LogP contribution is -2.14. The number of anilines is 1. The Morgan fingerprint density at radius 2 is 2.11 bits per heavy atom. The molecule has 0 radical (unpaired) electrons. The number of rotatable bonds is 3. The van der Waals surface area contributed by atoms with Crippen LogP contribution in [-0.4, -0.2) is 9.78 Å². The van der Waals surface area contributed by atoms with Gasteiger partial charge in [-0.05, 0) is 18.4 Å². The number of aryl methyl sites for hydroxylation is 1. The van der Waals surface area contributed by atoms with Crippen LogP contribution >= 0.6 is 11.6 Å². The normalized spacial score (nSPS) is 15.5. The SMILES string of the molecule is Cn1nc(CC2CCC2)c(-c2ccccc2Cl)c1N. The van der Waals surface area contributed by atoms with Crippen LogP contribution in [0, 0.1) is 5.92 Å². The third-order valence-corrected chi connectivity index (χ3v) is 4.34. The highest BCUT2D eigenvalue weighted by Crippen LogP contribution is 2.38. The molecule has 3 rings (SSSR count). The van der Waals surface area contributed by atoms with Gasteiger partial charge in [0.15, 0.2) is 0 Å². The predicted molar refractivity (Wildman–Crippen MR) is 79.1 cm³/mol. The van der Waals surface area contributed by atoms with Crippen molar-refractivity contribution in [2.75, 3.05) is 5.73 Å². The summed E-state index contributed by atoms with van der Waals surface area (Å²) in [5.74, 6) is 1.46. The van der Waals surface area contributed by atoms with Crippen molar-refractivity contribution < 1.29 is 0 Å². The third-order valence-electron chi connectivity index (χ3n) is 4.01. The van der Waals surface area contributed by atoms with E-state index in [0.717, 1.165) is 34.2 Å². The minimum Gasteiger partial charge on any atom is -0.383 e. The lowest BCUT2D eigenvalue weighted by Gasteiger charge is -2.24. The molecule has 3 nitrogen and oxygen atoms in total. The van der Waals surface area contributed by atoms with Crippen LogP contribution in [0.5, 0.6) is 0 Å². The van der Waals surface area contributed by atoms with E-state index in [0.29, 0.717) is 5.82 Å². The molecule has 2 N–H and O–H groups in total. The van der Waals surface area contributed by atoms with E-state index in [1.54, 1.807) is 4.68 Å². The molecule has 0 spiro atoms. The van der Waals surface area contributed by atoms with Crippen LogP contribution in [0.25, 0.3) is 11.1 Å². The molecule has 1 fully saturated rings. The van der Waals surface area contributed by atoms with Crippen molar-refractivity contribution in [2.45, 2.75) is 25.7 Å². The maximum atomic E-state index is 6.30. The fourth-order valence-corrected chi connectivity index (χ4v) is 2.90. The zero-order chi connectivity index (χ0) is 13.4. The molecule has 100 valence electrons. The summed E-state index contributed by atoms with van der Waals surface area (Å²) in [5.41, 5.74) is 9.27. The lowest BCUT2D eigenvalue weighted by molar-refractivity contribution is 0.311. The molecule has 0 unspecified atom stereocenters. The number of halogens is 1. The molecule has 1 aliphatic carbocycles. The van der Waals surface area contributed by atoms with Gasteiger partial charge in [0.1, 0.15) is 5.82 Å². The highest BCUT2D eigenvalue weighted by molar-refractivity contribution is 6.33. The summed E-state index contributed by atoms with van der Waals surface area (Å²) in [6, 6.07) is 7.83. The van der Waals surface area contributed by atoms with Gasteiger partial charge in [-0.15, -0.1) is 0 Å². The standard InChI is InChI=1S/C15H18ClN3/c1-19-15(17)14(11-7-2-3-8-12(11)16)13(18-19)9-10-5-4-6-10/h2-3,7-8,10H,4-6,9,17H2,1H3. The number of hydrogen-bond donors (Lipinski definition) is 1. The van der Waals surface area contributed by atoms with Gasteiger partial charge in [-0.3, -0.25) is 4.68 Å². The van der Waals surface area contributed by atoms with Crippen LogP contribution in [0.3, 0.4) is 0 Å². The van der Waals surface area contributed by atoms with E-state index in [4.69, 9.17) is 17.3 Å². The Morgan fingerprint density at radius 1 is 1.37 bits per heavy atom. The average molecular weight is 276 g/mol. The summed E-state index contributed by atoms with van der Waals surface area (Å²) in [6.45, 7) is 0. The first-order chi connectivity index (χ1) is 9.16. The van der Waals surface area contributed by atoms with E-state index in [9.17, 15) is 0 Å². The van der Waals surface area contributed by atoms with E-state index < -0.39 is 0 Å². The van der Waals surface area contributed by atoms with Crippen LogP contribution < -0.4 is 5.73 Å². The third kappa shape index (κ3) is 2.23. The van der Waals surface area contributed by atoms with Gasteiger partial charge in [0.05, 0.1) is 5.69 Å². The molecule has 0 saturated heterocycles. The summed E-state index contributed by atoms with van der Waals surface area (Å²) in [5, 5.41) is 5.32. The Hall–Kier alpha value is -1.48. The molecule has 0 amide bonds. The van der Waals surface area contributed by atoms with E-state index in [-0.39, 0.29) is 0 Å². The molecule has 1 heterocycles. The van der Waals surface area contributed by atoms with Gasteiger partial charge in [-0.1, -0.05) is 49.1 Å². The molecule has 0 bridgehead atoms. The summed E-state index contributed by atoms with van der Waals surface area (Å²) in [6.07, 6.45) is 4.96. The van der Waals surface area contributed by atoms with Gasteiger partial charge in [0.2, 0.25) is 0 Å². The van der Waals surface area contributed by atoms with Crippen molar-refractivity contribution >= 4 is 17.4 Å². The Morgan fingerprint density at radius 3 is 2.74 bits per heavy atom. The average Bonchev–Trinajstić information content (AvgIpc) is 2.61. The molecular formula is C15H18ClN3. The van der Waals surface area contributed by atoms with Crippen LogP contribution in [-0.2, 0) is 13.5 Å². The molecule has 1 aliphatic rings. The van der Waals surface area contributed by atoms with Crippen molar-refractivity contribution in [2.24, 2.45) is 13.0 Å². The van der Waals surface area contributed by atoms with Crippen molar-refractivity contribution in [1.82, 2.24) is 9.78 Å². The molecule has 0 aliphatic heterocycles. The molecule has 1 saturated carbocycles. The minimum atomic E-state index is 0.697. The quantitative estimate of drug-likeness (QED) is 0.929. The number of nitrogen functional groups attached to an aromatic ring is 1. The Kier molecular flexibility index (Phi) is 3.23. The highest BCUT2D eigenvalue weighted by Gasteiger charge is 2.24. The number of aromatic nitrogens is 2. The molecular weight excluding hydrogens is 258 g/mol. The van der Waals surface area contributed by atoms with Gasteiger partial charge in [-0.2, -0.15) is 5.10 Å². The summed E-state index contributed by atoms with van der Waals surface area (Å²) >= 11 is 6.30. The fraction of sp³-hybridized carbons (Fsp3) is 0.400. The number of benzene rings is 1. The summed E-state index contributed by atoms with van der Waals surface area (Å²) in [4.78, 5) is 0. The molecule has 0 atom stereocenters. The van der Waals surface area contributed by atoms with Gasteiger partial charge in [-0.25, -0.2) is 0 Å². The molecule has 1 aromatic heterocycles. The van der Waals surface area contributed by atoms with Crippen molar-refractivity contribution in [3.8, 4) is 11.1 Å². The monoisotopic (exact) mass is 275 g/mol. The predicted octanol–water partition coefficient (Wildman–Crippen LogP) is 3.67. The van der Waals surface area contributed by atoms with Crippen LogP contribution in [0.4, 0.5) is 5.82 Å². The maximum absolute atomic E-state index is 6.30. The highest BCUT2D eigenvalue weighted by atomic mass is 35.5. The fourth-order valence-electron chi connectivity index (χ4n) is 2.67. The van der Waals surface area contributed by atoms with Gasteiger partial charge in [0.25, 0.3) is 0 Å². The zero-order valence-electron chi connectivity index (χ0n) is 11.1. The summed E-state index contributed by atoms with van der Waals surface area (Å²) < 4.78 is 1.76. The Bertz CT molecular complexity index is 599. The topological polar surface area (TPSA) is 43.8 Å². The van der Waals surface area contributed by atoms with Crippen molar-refractivity contribution in [1.29, 1.82) is 0 Å².